The number of aliphatic hydroxyl groups is 1. The SMILES string of the molecule is CC(C)(C)C(CCO)NCc1ccccc1/C(N)=N/O. The summed E-state index contributed by atoms with van der Waals surface area (Å²) in [6.07, 6.45) is 0.690. The Morgan fingerprint density at radius 3 is 2.55 bits per heavy atom. The van der Waals surface area contributed by atoms with Crippen LogP contribution in [0.1, 0.15) is 38.3 Å². The second-order valence-corrected chi connectivity index (χ2v) is 5.95. The number of aliphatic hydroxyl groups excluding tert-OH is 1. The van der Waals surface area contributed by atoms with Crippen molar-refractivity contribution < 1.29 is 10.3 Å². The van der Waals surface area contributed by atoms with Crippen molar-refractivity contribution in [2.45, 2.75) is 39.8 Å². The summed E-state index contributed by atoms with van der Waals surface area (Å²) < 4.78 is 0. The molecule has 0 amide bonds. The molecular formula is C15H25N3O2. The van der Waals surface area contributed by atoms with Gasteiger partial charge in [0.15, 0.2) is 5.84 Å². The molecule has 1 aromatic carbocycles. The van der Waals surface area contributed by atoms with Gasteiger partial charge < -0.3 is 21.4 Å². The van der Waals surface area contributed by atoms with Crippen molar-refractivity contribution in [1.82, 2.24) is 5.32 Å². The first-order chi connectivity index (χ1) is 9.40. The zero-order chi connectivity index (χ0) is 15.2. The smallest absolute Gasteiger partial charge is 0.170 e. The number of benzene rings is 1. The molecule has 1 atom stereocenters. The van der Waals surface area contributed by atoms with E-state index in [2.05, 4.69) is 31.2 Å². The Kier molecular flexibility index (Phi) is 5.98. The maximum atomic E-state index is 9.17. The highest BCUT2D eigenvalue weighted by atomic mass is 16.4. The van der Waals surface area contributed by atoms with Crippen LogP contribution in [0, 0.1) is 5.41 Å². The molecule has 1 unspecified atom stereocenters. The summed E-state index contributed by atoms with van der Waals surface area (Å²) in [7, 11) is 0. The Morgan fingerprint density at radius 2 is 2.00 bits per heavy atom. The van der Waals surface area contributed by atoms with E-state index in [9.17, 15) is 0 Å². The molecule has 0 saturated heterocycles. The van der Waals surface area contributed by atoms with Crippen LogP contribution in [0.2, 0.25) is 0 Å². The number of hydrogen-bond acceptors (Lipinski definition) is 4. The van der Waals surface area contributed by atoms with Crippen molar-refractivity contribution in [2.24, 2.45) is 16.3 Å². The summed E-state index contributed by atoms with van der Waals surface area (Å²) >= 11 is 0. The van der Waals surface area contributed by atoms with Crippen LogP contribution < -0.4 is 11.1 Å². The summed E-state index contributed by atoms with van der Waals surface area (Å²) in [6.45, 7) is 7.16. The minimum absolute atomic E-state index is 0.0499. The Morgan fingerprint density at radius 1 is 1.35 bits per heavy atom. The van der Waals surface area contributed by atoms with Crippen LogP contribution in [0.15, 0.2) is 29.4 Å². The summed E-state index contributed by atoms with van der Waals surface area (Å²) in [5.74, 6) is 0.108. The van der Waals surface area contributed by atoms with E-state index in [1.54, 1.807) is 0 Å². The molecule has 0 bridgehead atoms. The molecule has 0 aromatic heterocycles. The molecule has 1 rings (SSSR count). The minimum atomic E-state index is 0.0499. The highest BCUT2D eigenvalue weighted by Gasteiger charge is 2.23. The number of oxime groups is 1. The van der Waals surface area contributed by atoms with Gasteiger partial charge in [-0.1, -0.05) is 50.2 Å². The van der Waals surface area contributed by atoms with E-state index in [0.717, 1.165) is 11.1 Å². The largest absolute Gasteiger partial charge is 0.409 e. The van der Waals surface area contributed by atoms with Crippen molar-refractivity contribution in [3.8, 4) is 0 Å². The van der Waals surface area contributed by atoms with Crippen LogP contribution in [0.3, 0.4) is 0 Å². The fourth-order valence-electron chi connectivity index (χ4n) is 2.18. The molecule has 0 saturated carbocycles. The third kappa shape index (κ3) is 4.51. The second kappa shape index (κ2) is 7.26. The molecule has 112 valence electrons. The zero-order valence-corrected chi connectivity index (χ0v) is 12.4. The Bertz CT molecular complexity index is 453. The molecule has 0 spiro atoms. The molecule has 0 radical (unpaired) electrons. The van der Waals surface area contributed by atoms with Gasteiger partial charge in [-0.05, 0) is 17.4 Å². The Labute approximate surface area is 120 Å². The van der Waals surface area contributed by atoms with Gasteiger partial charge in [0.05, 0.1) is 0 Å². The number of nitrogens with one attached hydrogen (secondary N) is 1. The van der Waals surface area contributed by atoms with E-state index in [4.69, 9.17) is 16.0 Å². The summed E-state index contributed by atoms with van der Waals surface area (Å²) in [5, 5.41) is 24.5. The quantitative estimate of drug-likeness (QED) is 0.276. The van der Waals surface area contributed by atoms with E-state index in [1.165, 1.54) is 0 Å². The topological polar surface area (TPSA) is 90.9 Å². The first kappa shape index (κ1) is 16.5. The normalized spacial score (nSPS) is 14.3. The fourth-order valence-corrected chi connectivity index (χ4v) is 2.18. The molecule has 0 aliphatic heterocycles. The average molecular weight is 279 g/mol. The van der Waals surface area contributed by atoms with Crippen molar-refractivity contribution >= 4 is 5.84 Å². The monoisotopic (exact) mass is 279 g/mol. The van der Waals surface area contributed by atoms with E-state index in [-0.39, 0.29) is 23.9 Å². The molecule has 20 heavy (non-hydrogen) atoms. The third-order valence-corrected chi connectivity index (χ3v) is 3.40. The van der Waals surface area contributed by atoms with Crippen molar-refractivity contribution in [2.75, 3.05) is 6.61 Å². The maximum Gasteiger partial charge on any atom is 0.170 e. The van der Waals surface area contributed by atoms with Gasteiger partial charge in [-0.2, -0.15) is 0 Å². The second-order valence-electron chi connectivity index (χ2n) is 5.95. The van der Waals surface area contributed by atoms with Crippen LogP contribution in [0.5, 0.6) is 0 Å². The van der Waals surface area contributed by atoms with Crippen molar-refractivity contribution in [1.29, 1.82) is 0 Å². The van der Waals surface area contributed by atoms with Gasteiger partial charge in [0.2, 0.25) is 0 Å². The predicted octanol–water partition coefficient (Wildman–Crippen LogP) is 1.67. The molecule has 0 aliphatic rings. The molecule has 0 fully saturated rings. The molecule has 0 aliphatic carbocycles. The number of hydrogen-bond donors (Lipinski definition) is 4. The molecule has 5 heteroatoms. The van der Waals surface area contributed by atoms with Crippen LogP contribution in [0.4, 0.5) is 0 Å². The van der Waals surface area contributed by atoms with E-state index >= 15 is 0 Å². The standard InChI is InChI=1S/C15H25N3O2/c1-15(2,3)13(8-9-19)17-10-11-6-4-5-7-12(11)14(16)18-20/h4-7,13,17,19-20H,8-10H2,1-3H3,(H2,16,18). The van der Waals surface area contributed by atoms with Gasteiger partial charge in [0.1, 0.15) is 0 Å². The summed E-state index contributed by atoms with van der Waals surface area (Å²) in [6, 6.07) is 7.73. The van der Waals surface area contributed by atoms with Gasteiger partial charge >= 0.3 is 0 Å². The first-order valence-electron chi connectivity index (χ1n) is 6.80. The van der Waals surface area contributed by atoms with Crippen molar-refractivity contribution in [3.05, 3.63) is 35.4 Å². The van der Waals surface area contributed by atoms with Gasteiger partial charge in [-0.15, -0.1) is 0 Å². The molecular weight excluding hydrogens is 254 g/mol. The van der Waals surface area contributed by atoms with Crippen LogP contribution in [-0.4, -0.2) is 28.8 Å². The Balaban J connectivity index is 2.83. The summed E-state index contributed by atoms with van der Waals surface area (Å²) in [4.78, 5) is 0. The molecule has 5 N–H and O–H groups in total. The third-order valence-electron chi connectivity index (χ3n) is 3.40. The fraction of sp³-hybridized carbons (Fsp3) is 0.533. The number of nitrogens with zero attached hydrogens (tertiary/aromatic N) is 1. The van der Waals surface area contributed by atoms with Gasteiger partial charge in [0.25, 0.3) is 0 Å². The van der Waals surface area contributed by atoms with Gasteiger partial charge in [-0.25, -0.2) is 0 Å². The maximum absolute atomic E-state index is 9.17. The number of amidine groups is 1. The van der Waals surface area contributed by atoms with Gasteiger partial charge in [0, 0.05) is 24.8 Å². The molecule has 5 nitrogen and oxygen atoms in total. The zero-order valence-electron chi connectivity index (χ0n) is 12.4. The first-order valence-corrected chi connectivity index (χ1v) is 6.80. The van der Waals surface area contributed by atoms with Crippen LogP contribution in [0.25, 0.3) is 0 Å². The predicted molar refractivity (Wildman–Crippen MR) is 80.7 cm³/mol. The summed E-state index contributed by atoms with van der Waals surface area (Å²) in [5.41, 5.74) is 7.42. The average Bonchev–Trinajstić information content (AvgIpc) is 2.41. The molecule has 0 heterocycles. The van der Waals surface area contributed by atoms with Crippen molar-refractivity contribution in [3.63, 3.8) is 0 Å². The molecule has 1 aromatic rings. The van der Waals surface area contributed by atoms with Crippen LogP contribution >= 0.6 is 0 Å². The number of rotatable bonds is 6. The Hall–Kier alpha value is -1.59. The van der Waals surface area contributed by atoms with E-state index < -0.39 is 0 Å². The van der Waals surface area contributed by atoms with E-state index in [0.29, 0.717) is 13.0 Å². The lowest BCUT2D eigenvalue weighted by Gasteiger charge is -2.31. The van der Waals surface area contributed by atoms with Gasteiger partial charge in [-0.3, -0.25) is 0 Å². The lowest BCUT2D eigenvalue weighted by molar-refractivity contribution is 0.196. The highest BCUT2D eigenvalue weighted by molar-refractivity contribution is 5.98. The minimum Gasteiger partial charge on any atom is -0.409 e. The highest BCUT2D eigenvalue weighted by Crippen LogP contribution is 2.22. The lowest BCUT2D eigenvalue weighted by atomic mass is 9.84. The van der Waals surface area contributed by atoms with Crippen LogP contribution in [-0.2, 0) is 6.54 Å². The lowest BCUT2D eigenvalue weighted by Crippen LogP contribution is -2.40. The van der Waals surface area contributed by atoms with E-state index in [1.807, 2.05) is 24.3 Å². The number of nitrogens with two attached hydrogens (primary N) is 1.